The lowest BCUT2D eigenvalue weighted by molar-refractivity contribution is 0.362. The average Bonchev–Trinajstić information content (AvgIpc) is 1.98. The van der Waals surface area contributed by atoms with E-state index in [2.05, 4.69) is 9.47 Å². The Morgan fingerprint density at radius 2 is 2.27 bits per heavy atom. The molecule has 0 spiro atoms. The SMILES string of the molecule is Cc1ccc(Cl)c(COP)c1. The third kappa shape index (κ3) is 2.44. The van der Waals surface area contributed by atoms with Crippen molar-refractivity contribution in [3.8, 4) is 0 Å². The van der Waals surface area contributed by atoms with Gasteiger partial charge in [0.2, 0.25) is 0 Å². The number of halogens is 1. The molecule has 1 nitrogen and oxygen atoms in total. The first-order valence-corrected chi connectivity index (χ1v) is 4.15. The lowest BCUT2D eigenvalue weighted by Crippen LogP contribution is -1.86. The first-order chi connectivity index (χ1) is 5.24. The molecule has 0 saturated heterocycles. The zero-order valence-electron chi connectivity index (χ0n) is 6.30. The summed E-state index contributed by atoms with van der Waals surface area (Å²) in [6.45, 7) is 2.58. The summed E-state index contributed by atoms with van der Waals surface area (Å²) >= 11 is 5.89. The van der Waals surface area contributed by atoms with E-state index < -0.39 is 0 Å². The lowest BCUT2D eigenvalue weighted by atomic mass is 10.1. The van der Waals surface area contributed by atoms with Crippen LogP contribution >= 0.6 is 21.1 Å². The fraction of sp³-hybridized carbons (Fsp3) is 0.250. The maximum Gasteiger partial charge on any atom is 0.0767 e. The van der Waals surface area contributed by atoms with Gasteiger partial charge < -0.3 is 4.52 Å². The molecule has 0 amide bonds. The van der Waals surface area contributed by atoms with E-state index in [4.69, 9.17) is 16.1 Å². The van der Waals surface area contributed by atoms with Crippen LogP contribution < -0.4 is 0 Å². The predicted molar refractivity (Wildman–Crippen MR) is 50.7 cm³/mol. The quantitative estimate of drug-likeness (QED) is 0.649. The Hall–Kier alpha value is -0.100. The Labute approximate surface area is 74.0 Å². The molecule has 1 rings (SSSR count). The molecule has 0 aliphatic rings. The second kappa shape index (κ2) is 4.06. The van der Waals surface area contributed by atoms with Crippen LogP contribution in [0.25, 0.3) is 0 Å². The van der Waals surface area contributed by atoms with Gasteiger partial charge in [-0.05, 0) is 18.6 Å². The topological polar surface area (TPSA) is 9.23 Å². The van der Waals surface area contributed by atoms with Crippen LogP contribution in [0.15, 0.2) is 18.2 Å². The highest BCUT2D eigenvalue weighted by Crippen LogP contribution is 2.18. The van der Waals surface area contributed by atoms with Gasteiger partial charge in [0.05, 0.1) is 6.61 Å². The van der Waals surface area contributed by atoms with Crippen LogP contribution in [0, 0.1) is 6.92 Å². The maximum absolute atomic E-state index is 5.89. The number of aryl methyl sites for hydroxylation is 1. The van der Waals surface area contributed by atoms with Crippen LogP contribution in [-0.4, -0.2) is 0 Å². The van der Waals surface area contributed by atoms with Gasteiger partial charge in [-0.3, -0.25) is 0 Å². The van der Waals surface area contributed by atoms with E-state index in [0.29, 0.717) is 6.61 Å². The molecular weight excluding hydrogens is 179 g/mol. The normalized spacial score (nSPS) is 10.1. The minimum absolute atomic E-state index is 0.547. The molecule has 0 radical (unpaired) electrons. The average molecular weight is 189 g/mol. The predicted octanol–water partition coefficient (Wildman–Crippen LogP) is 2.96. The number of rotatable bonds is 2. The largest absolute Gasteiger partial charge is 0.361 e. The van der Waals surface area contributed by atoms with Crippen LogP contribution in [-0.2, 0) is 11.1 Å². The Morgan fingerprint density at radius 1 is 1.55 bits per heavy atom. The van der Waals surface area contributed by atoms with Crippen molar-refractivity contribution in [2.24, 2.45) is 0 Å². The molecule has 0 bridgehead atoms. The Balaban J connectivity index is 2.93. The maximum atomic E-state index is 5.89. The van der Waals surface area contributed by atoms with E-state index in [1.54, 1.807) is 0 Å². The number of hydrogen-bond acceptors (Lipinski definition) is 1. The fourth-order valence-corrected chi connectivity index (χ4v) is 1.26. The van der Waals surface area contributed by atoms with Gasteiger partial charge in [-0.1, -0.05) is 29.3 Å². The summed E-state index contributed by atoms with van der Waals surface area (Å²) in [5.74, 6) is 0. The zero-order valence-corrected chi connectivity index (χ0v) is 8.21. The monoisotopic (exact) mass is 188 g/mol. The Bertz CT molecular complexity index is 250. The molecular formula is C8H10ClOP. The molecule has 1 aromatic carbocycles. The van der Waals surface area contributed by atoms with E-state index in [1.165, 1.54) is 5.56 Å². The van der Waals surface area contributed by atoms with Crippen molar-refractivity contribution in [2.45, 2.75) is 13.5 Å². The molecule has 60 valence electrons. The minimum atomic E-state index is 0.547. The standard InChI is InChI=1S/C8H10ClOP/c1-6-2-3-8(9)7(4-6)5-10-11/h2-4H,5,11H2,1H3. The highest BCUT2D eigenvalue weighted by Gasteiger charge is 1.98. The summed E-state index contributed by atoms with van der Waals surface area (Å²) in [5.41, 5.74) is 2.23. The van der Waals surface area contributed by atoms with E-state index >= 15 is 0 Å². The molecule has 1 unspecified atom stereocenters. The van der Waals surface area contributed by atoms with Crippen molar-refractivity contribution in [1.29, 1.82) is 0 Å². The van der Waals surface area contributed by atoms with Crippen LogP contribution in [0.4, 0.5) is 0 Å². The van der Waals surface area contributed by atoms with Crippen molar-refractivity contribution in [3.05, 3.63) is 34.3 Å². The van der Waals surface area contributed by atoms with Gasteiger partial charge in [-0.2, -0.15) is 0 Å². The summed E-state index contributed by atoms with van der Waals surface area (Å²) in [5, 5.41) is 0.762. The van der Waals surface area contributed by atoms with Crippen LogP contribution in [0.3, 0.4) is 0 Å². The van der Waals surface area contributed by atoms with Crippen molar-refractivity contribution < 1.29 is 4.52 Å². The summed E-state index contributed by atoms with van der Waals surface area (Å²) in [6.07, 6.45) is 0. The number of benzene rings is 1. The van der Waals surface area contributed by atoms with Gasteiger partial charge in [0.25, 0.3) is 0 Å². The summed E-state index contributed by atoms with van der Waals surface area (Å²) in [7, 11) is 2.21. The van der Waals surface area contributed by atoms with Gasteiger partial charge >= 0.3 is 0 Å². The van der Waals surface area contributed by atoms with Crippen LogP contribution in [0.5, 0.6) is 0 Å². The molecule has 11 heavy (non-hydrogen) atoms. The molecule has 3 heteroatoms. The highest BCUT2D eigenvalue weighted by molar-refractivity contribution is 7.09. The summed E-state index contributed by atoms with van der Waals surface area (Å²) in [6, 6.07) is 5.89. The van der Waals surface area contributed by atoms with E-state index in [9.17, 15) is 0 Å². The van der Waals surface area contributed by atoms with Gasteiger partial charge in [-0.15, -0.1) is 0 Å². The third-order valence-corrected chi connectivity index (χ3v) is 1.98. The second-order valence-corrected chi connectivity index (χ2v) is 3.15. The Morgan fingerprint density at radius 3 is 2.91 bits per heavy atom. The van der Waals surface area contributed by atoms with Gasteiger partial charge in [-0.25, -0.2) is 0 Å². The van der Waals surface area contributed by atoms with Gasteiger partial charge in [0, 0.05) is 14.5 Å². The molecule has 0 saturated carbocycles. The first kappa shape index (κ1) is 8.99. The van der Waals surface area contributed by atoms with Gasteiger partial charge in [0.1, 0.15) is 0 Å². The van der Waals surface area contributed by atoms with Crippen LogP contribution in [0.2, 0.25) is 5.02 Å². The van der Waals surface area contributed by atoms with Crippen molar-refractivity contribution in [1.82, 2.24) is 0 Å². The number of hydrogen-bond donors (Lipinski definition) is 0. The minimum Gasteiger partial charge on any atom is -0.361 e. The molecule has 0 aliphatic heterocycles. The molecule has 0 N–H and O–H groups in total. The van der Waals surface area contributed by atoms with Crippen LogP contribution in [0.1, 0.15) is 11.1 Å². The molecule has 0 heterocycles. The Kier molecular flexibility index (Phi) is 3.32. The third-order valence-electron chi connectivity index (χ3n) is 1.44. The molecule has 1 aromatic rings. The van der Waals surface area contributed by atoms with Gasteiger partial charge in [0.15, 0.2) is 0 Å². The second-order valence-electron chi connectivity index (χ2n) is 2.41. The van der Waals surface area contributed by atoms with Crippen molar-refractivity contribution in [3.63, 3.8) is 0 Å². The zero-order chi connectivity index (χ0) is 8.27. The molecule has 1 atom stereocenters. The van der Waals surface area contributed by atoms with Crippen molar-refractivity contribution in [2.75, 3.05) is 0 Å². The molecule has 0 aromatic heterocycles. The lowest BCUT2D eigenvalue weighted by Gasteiger charge is -2.02. The summed E-state index contributed by atoms with van der Waals surface area (Å²) in [4.78, 5) is 0. The highest BCUT2D eigenvalue weighted by atomic mass is 35.5. The van der Waals surface area contributed by atoms with E-state index in [0.717, 1.165) is 10.6 Å². The smallest absolute Gasteiger partial charge is 0.0767 e. The van der Waals surface area contributed by atoms with Crippen molar-refractivity contribution >= 4 is 21.1 Å². The fourth-order valence-electron chi connectivity index (χ4n) is 0.904. The van der Waals surface area contributed by atoms with E-state index in [-0.39, 0.29) is 0 Å². The summed E-state index contributed by atoms with van der Waals surface area (Å²) < 4.78 is 4.90. The van der Waals surface area contributed by atoms with E-state index in [1.807, 2.05) is 25.1 Å². The first-order valence-electron chi connectivity index (χ1n) is 3.30. The molecule has 0 fully saturated rings. The molecule has 0 aliphatic carbocycles.